The Bertz CT molecular complexity index is 893. The van der Waals surface area contributed by atoms with Crippen LogP contribution in [0, 0.1) is 5.82 Å². The molecule has 3 aromatic rings. The maximum absolute atomic E-state index is 13.0. The van der Waals surface area contributed by atoms with Gasteiger partial charge in [-0.05, 0) is 42.0 Å². The molecule has 25 heavy (non-hydrogen) atoms. The monoisotopic (exact) mass is 334 g/mol. The molecule has 0 radical (unpaired) electrons. The van der Waals surface area contributed by atoms with Gasteiger partial charge in [0.2, 0.25) is 0 Å². The number of pyridine rings is 1. The highest BCUT2D eigenvalue weighted by Crippen LogP contribution is 2.15. The van der Waals surface area contributed by atoms with Gasteiger partial charge in [0, 0.05) is 30.1 Å². The van der Waals surface area contributed by atoms with Gasteiger partial charge in [0.15, 0.2) is 5.78 Å². The summed E-state index contributed by atoms with van der Waals surface area (Å²) < 4.78 is 13.0. The maximum Gasteiger partial charge on any atom is 0.252 e. The van der Waals surface area contributed by atoms with Crippen molar-refractivity contribution >= 4 is 11.7 Å². The number of rotatable bonds is 5. The maximum atomic E-state index is 13.0. The molecule has 0 saturated heterocycles. The fourth-order valence-electron chi connectivity index (χ4n) is 2.42. The topological polar surface area (TPSA) is 59.1 Å². The molecule has 0 aliphatic carbocycles. The molecule has 0 unspecified atom stereocenters. The largest absolute Gasteiger partial charge is 0.348 e. The van der Waals surface area contributed by atoms with Crippen molar-refractivity contribution in [1.82, 2.24) is 10.3 Å². The summed E-state index contributed by atoms with van der Waals surface area (Å²) in [6, 6.07) is 15.5. The first-order valence-electron chi connectivity index (χ1n) is 7.71. The minimum absolute atomic E-state index is 0.276. The second-order valence-corrected chi connectivity index (χ2v) is 5.43. The van der Waals surface area contributed by atoms with E-state index in [1.165, 1.54) is 24.3 Å². The van der Waals surface area contributed by atoms with Gasteiger partial charge in [-0.3, -0.25) is 14.6 Å². The normalized spacial score (nSPS) is 10.3. The van der Waals surface area contributed by atoms with Crippen LogP contribution in [0.15, 0.2) is 73.1 Å². The van der Waals surface area contributed by atoms with Crippen LogP contribution < -0.4 is 5.32 Å². The van der Waals surface area contributed by atoms with E-state index in [9.17, 15) is 14.0 Å². The Morgan fingerprint density at radius 3 is 2.32 bits per heavy atom. The summed E-state index contributed by atoms with van der Waals surface area (Å²) in [4.78, 5) is 29.1. The van der Waals surface area contributed by atoms with Crippen LogP contribution in [0.25, 0.3) is 0 Å². The van der Waals surface area contributed by atoms with E-state index in [0.29, 0.717) is 12.1 Å². The Labute approximate surface area is 144 Å². The SMILES string of the molecule is O=C(NCc1cccnc1)c1ccccc1C(=O)c1ccc(F)cc1. The highest BCUT2D eigenvalue weighted by atomic mass is 19.1. The molecule has 124 valence electrons. The van der Waals surface area contributed by atoms with Crippen molar-refractivity contribution in [1.29, 1.82) is 0 Å². The molecule has 0 bridgehead atoms. The van der Waals surface area contributed by atoms with E-state index >= 15 is 0 Å². The van der Waals surface area contributed by atoms with Gasteiger partial charge >= 0.3 is 0 Å². The average Bonchev–Trinajstić information content (AvgIpc) is 2.67. The van der Waals surface area contributed by atoms with E-state index < -0.39 is 5.82 Å². The summed E-state index contributed by atoms with van der Waals surface area (Å²) >= 11 is 0. The summed E-state index contributed by atoms with van der Waals surface area (Å²) in [6.45, 7) is 0.311. The zero-order chi connectivity index (χ0) is 17.6. The van der Waals surface area contributed by atoms with Crippen molar-refractivity contribution in [3.05, 3.63) is 101 Å². The number of benzene rings is 2. The third-order valence-corrected chi connectivity index (χ3v) is 3.70. The molecular formula is C20H15FN2O2. The van der Waals surface area contributed by atoms with Gasteiger partial charge in [0.25, 0.3) is 5.91 Å². The second kappa shape index (κ2) is 7.49. The van der Waals surface area contributed by atoms with Gasteiger partial charge in [0.1, 0.15) is 5.82 Å². The highest BCUT2D eigenvalue weighted by Gasteiger charge is 2.17. The molecule has 3 rings (SSSR count). The standard InChI is InChI=1S/C20H15FN2O2/c21-16-9-7-15(8-10-16)19(24)17-5-1-2-6-18(17)20(25)23-13-14-4-3-11-22-12-14/h1-12H,13H2,(H,23,25). The highest BCUT2D eigenvalue weighted by molar-refractivity contribution is 6.15. The number of hydrogen-bond acceptors (Lipinski definition) is 3. The van der Waals surface area contributed by atoms with Crippen LogP contribution in [0.2, 0.25) is 0 Å². The quantitative estimate of drug-likeness (QED) is 0.728. The lowest BCUT2D eigenvalue weighted by Gasteiger charge is -2.10. The summed E-state index contributed by atoms with van der Waals surface area (Å²) in [5.74, 6) is -1.10. The Balaban J connectivity index is 1.81. The number of nitrogens with zero attached hydrogens (tertiary/aromatic N) is 1. The summed E-state index contributed by atoms with van der Waals surface area (Å²) in [7, 11) is 0. The third-order valence-electron chi connectivity index (χ3n) is 3.70. The number of hydrogen-bond donors (Lipinski definition) is 1. The van der Waals surface area contributed by atoms with Crippen molar-refractivity contribution in [2.24, 2.45) is 0 Å². The predicted octanol–water partition coefficient (Wildman–Crippen LogP) is 3.38. The van der Waals surface area contributed by atoms with Crippen molar-refractivity contribution < 1.29 is 14.0 Å². The zero-order valence-corrected chi connectivity index (χ0v) is 13.3. The third kappa shape index (κ3) is 3.95. The molecule has 0 atom stereocenters. The van der Waals surface area contributed by atoms with Gasteiger partial charge in [-0.1, -0.05) is 24.3 Å². The van der Waals surface area contributed by atoms with Crippen LogP contribution >= 0.6 is 0 Å². The van der Waals surface area contributed by atoms with E-state index in [1.54, 1.807) is 42.7 Å². The number of carbonyl (C=O) groups excluding carboxylic acids is 2. The molecule has 1 heterocycles. The Kier molecular flexibility index (Phi) is 4.95. The summed E-state index contributed by atoms with van der Waals surface area (Å²) in [5, 5.41) is 2.78. The lowest BCUT2D eigenvalue weighted by Crippen LogP contribution is -2.25. The number of halogens is 1. The van der Waals surface area contributed by atoms with Gasteiger partial charge in [0.05, 0.1) is 5.56 Å². The van der Waals surface area contributed by atoms with Crippen LogP contribution in [-0.4, -0.2) is 16.7 Å². The zero-order valence-electron chi connectivity index (χ0n) is 13.3. The minimum Gasteiger partial charge on any atom is -0.348 e. The van der Waals surface area contributed by atoms with Crippen LogP contribution in [-0.2, 0) is 6.54 Å². The Hall–Kier alpha value is -3.34. The molecule has 0 saturated carbocycles. The average molecular weight is 334 g/mol. The molecular weight excluding hydrogens is 319 g/mol. The van der Waals surface area contributed by atoms with E-state index in [4.69, 9.17) is 0 Å². The van der Waals surface area contributed by atoms with E-state index in [2.05, 4.69) is 10.3 Å². The number of carbonyl (C=O) groups is 2. The summed E-state index contributed by atoms with van der Waals surface area (Å²) in [5.41, 5.74) is 1.74. The molecule has 1 amide bonds. The molecule has 2 aromatic carbocycles. The van der Waals surface area contributed by atoms with E-state index in [-0.39, 0.29) is 22.8 Å². The molecule has 0 aliphatic rings. The van der Waals surface area contributed by atoms with Gasteiger partial charge in [-0.2, -0.15) is 0 Å². The number of amides is 1. The van der Waals surface area contributed by atoms with Crippen molar-refractivity contribution in [3.8, 4) is 0 Å². The van der Waals surface area contributed by atoms with Crippen LogP contribution in [0.5, 0.6) is 0 Å². The fourth-order valence-corrected chi connectivity index (χ4v) is 2.42. The number of ketones is 1. The van der Waals surface area contributed by atoms with Crippen molar-refractivity contribution in [2.75, 3.05) is 0 Å². The lowest BCUT2D eigenvalue weighted by molar-refractivity contribution is 0.0939. The first kappa shape index (κ1) is 16.5. The lowest BCUT2D eigenvalue weighted by atomic mass is 9.98. The van der Waals surface area contributed by atoms with Crippen LogP contribution in [0.1, 0.15) is 31.8 Å². The number of aromatic nitrogens is 1. The molecule has 1 N–H and O–H groups in total. The van der Waals surface area contributed by atoms with E-state index in [0.717, 1.165) is 5.56 Å². The molecule has 0 spiro atoms. The first-order chi connectivity index (χ1) is 12.1. The van der Waals surface area contributed by atoms with Crippen LogP contribution in [0.4, 0.5) is 4.39 Å². The van der Waals surface area contributed by atoms with Crippen LogP contribution in [0.3, 0.4) is 0 Å². The van der Waals surface area contributed by atoms with Crippen molar-refractivity contribution in [3.63, 3.8) is 0 Å². The Morgan fingerprint density at radius 2 is 1.64 bits per heavy atom. The van der Waals surface area contributed by atoms with Gasteiger partial charge in [-0.25, -0.2) is 4.39 Å². The Morgan fingerprint density at radius 1 is 0.920 bits per heavy atom. The fraction of sp³-hybridized carbons (Fsp3) is 0.0500. The van der Waals surface area contributed by atoms with Gasteiger partial charge < -0.3 is 5.32 Å². The first-order valence-corrected chi connectivity index (χ1v) is 7.71. The predicted molar refractivity (Wildman–Crippen MR) is 91.7 cm³/mol. The second-order valence-electron chi connectivity index (χ2n) is 5.43. The minimum atomic E-state index is -0.418. The van der Waals surface area contributed by atoms with Gasteiger partial charge in [-0.15, -0.1) is 0 Å². The van der Waals surface area contributed by atoms with Crippen molar-refractivity contribution in [2.45, 2.75) is 6.54 Å². The molecule has 0 aliphatic heterocycles. The molecule has 1 aromatic heterocycles. The smallest absolute Gasteiger partial charge is 0.252 e. The number of nitrogens with one attached hydrogen (secondary N) is 1. The molecule has 5 heteroatoms. The molecule has 4 nitrogen and oxygen atoms in total. The summed E-state index contributed by atoms with van der Waals surface area (Å²) in [6.07, 6.45) is 3.32. The van der Waals surface area contributed by atoms with E-state index in [1.807, 2.05) is 6.07 Å². The molecule has 0 fully saturated rings.